The fourth-order valence-corrected chi connectivity index (χ4v) is 1.60. The predicted octanol–water partition coefficient (Wildman–Crippen LogP) is 3.53. The van der Waals surface area contributed by atoms with Crippen molar-refractivity contribution in [1.29, 1.82) is 0 Å². The maximum absolute atomic E-state index is 12.3. The standard InChI is InChI=1S/C16H20O4/c1-6-16(5,15(2,3)4)20-14(19)12-10-8-7-9-11(12)13(17)18/h6-10H,1H2,2-5H3,(H,17,18)/t16-/m1/s1. The lowest BCUT2D eigenvalue weighted by atomic mass is 9.77. The first-order chi connectivity index (χ1) is 9.12. The van der Waals surface area contributed by atoms with Crippen LogP contribution in [0.5, 0.6) is 0 Å². The van der Waals surface area contributed by atoms with Crippen LogP contribution in [0, 0.1) is 5.41 Å². The molecule has 0 unspecified atom stereocenters. The first-order valence-electron chi connectivity index (χ1n) is 6.31. The number of carboxylic acids is 1. The Balaban J connectivity index is 3.15. The van der Waals surface area contributed by atoms with Crippen molar-refractivity contribution in [2.75, 3.05) is 0 Å². The number of carboxylic acid groups (broad SMARTS) is 1. The number of hydrogen-bond donors (Lipinski definition) is 1. The second kappa shape index (κ2) is 5.49. The maximum Gasteiger partial charge on any atom is 0.339 e. The van der Waals surface area contributed by atoms with Crippen molar-refractivity contribution in [2.45, 2.75) is 33.3 Å². The highest BCUT2D eigenvalue weighted by molar-refractivity contribution is 6.02. The van der Waals surface area contributed by atoms with Crippen LogP contribution < -0.4 is 0 Å². The van der Waals surface area contributed by atoms with Gasteiger partial charge in [0.05, 0.1) is 11.1 Å². The van der Waals surface area contributed by atoms with Crippen molar-refractivity contribution in [3.05, 3.63) is 48.0 Å². The van der Waals surface area contributed by atoms with Crippen molar-refractivity contribution in [3.8, 4) is 0 Å². The molecular weight excluding hydrogens is 256 g/mol. The first kappa shape index (κ1) is 16.0. The van der Waals surface area contributed by atoms with Crippen LogP contribution in [0.1, 0.15) is 48.4 Å². The molecule has 0 spiro atoms. The largest absolute Gasteiger partial charge is 0.478 e. The van der Waals surface area contributed by atoms with Gasteiger partial charge in [-0.3, -0.25) is 0 Å². The fourth-order valence-electron chi connectivity index (χ4n) is 1.60. The minimum Gasteiger partial charge on any atom is -0.478 e. The molecule has 0 saturated carbocycles. The van der Waals surface area contributed by atoms with Crippen LogP contribution in [0.25, 0.3) is 0 Å². The van der Waals surface area contributed by atoms with Gasteiger partial charge in [-0.15, -0.1) is 0 Å². The summed E-state index contributed by atoms with van der Waals surface area (Å²) >= 11 is 0. The molecular formula is C16H20O4. The second-order valence-electron chi connectivity index (χ2n) is 5.80. The SMILES string of the molecule is C=C[C@@](C)(OC(=O)c1ccccc1C(=O)O)C(C)(C)C. The number of esters is 1. The third-order valence-corrected chi connectivity index (χ3v) is 3.56. The van der Waals surface area contributed by atoms with Crippen LogP contribution in [0.3, 0.4) is 0 Å². The molecule has 4 nitrogen and oxygen atoms in total. The van der Waals surface area contributed by atoms with Crippen LogP contribution >= 0.6 is 0 Å². The Hall–Kier alpha value is -2.10. The highest BCUT2D eigenvalue weighted by Crippen LogP contribution is 2.35. The van der Waals surface area contributed by atoms with E-state index in [9.17, 15) is 9.59 Å². The monoisotopic (exact) mass is 276 g/mol. The number of carbonyl (C=O) groups excluding carboxylic acids is 1. The molecule has 0 heterocycles. The molecule has 4 heteroatoms. The Bertz CT molecular complexity index is 540. The number of aromatic carboxylic acids is 1. The minimum atomic E-state index is -1.16. The average Bonchev–Trinajstić information content (AvgIpc) is 2.37. The number of hydrogen-bond acceptors (Lipinski definition) is 3. The van der Waals surface area contributed by atoms with Gasteiger partial charge >= 0.3 is 11.9 Å². The van der Waals surface area contributed by atoms with Crippen LogP contribution in [-0.2, 0) is 4.74 Å². The van der Waals surface area contributed by atoms with E-state index in [1.807, 2.05) is 20.8 Å². The summed E-state index contributed by atoms with van der Waals surface area (Å²) < 4.78 is 5.51. The lowest BCUT2D eigenvalue weighted by Gasteiger charge is -2.38. The Morgan fingerprint density at radius 2 is 1.65 bits per heavy atom. The molecule has 0 radical (unpaired) electrons. The first-order valence-corrected chi connectivity index (χ1v) is 6.31. The van der Waals surface area contributed by atoms with Crippen molar-refractivity contribution >= 4 is 11.9 Å². The van der Waals surface area contributed by atoms with Gasteiger partial charge in [-0.05, 0) is 25.1 Å². The van der Waals surface area contributed by atoms with Crippen LogP contribution in [0.4, 0.5) is 0 Å². The number of benzene rings is 1. The van der Waals surface area contributed by atoms with Gasteiger partial charge in [0.1, 0.15) is 5.60 Å². The van der Waals surface area contributed by atoms with E-state index in [-0.39, 0.29) is 16.5 Å². The van der Waals surface area contributed by atoms with E-state index >= 15 is 0 Å². The van der Waals surface area contributed by atoms with Gasteiger partial charge in [-0.1, -0.05) is 39.5 Å². The Morgan fingerprint density at radius 3 is 2.05 bits per heavy atom. The lowest BCUT2D eigenvalue weighted by molar-refractivity contribution is -0.0368. The Labute approximate surface area is 119 Å². The van der Waals surface area contributed by atoms with E-state index in [2.05, 4.69) is 6.58 Å². The molecule has 0 bridgehead atoms. The highest BCUT2D eigenvalue weighted by atomic mass is 16.6. The van der Waals surface area contributed by atoms with Crippen molar-refractivity contribution < 1.29 is 19.4 Å². The van der Waals surface area contributed by atoms with Gasteiger partial charge in [0.25, 0.3) is 0 Å². The molecule has 0 aliphatic carbocycles. The topological polar surface area (TPSA) is 63.6 Å². The summed E-state index contributed by atoms with van der Waals surface area (Å²) in [6.45, 7) is 11.2. The second-order valence-corrected chi connectivity index (χ2v) is 5.80. The van der Waals surface area contributed by atoms with Gasteiger partial charge in [0, 0.05) is 5.41 Å². The fraction of sp³-hybridized carbons (Fsp3) is 0.375. The molecule has 0 aliphatic heterocycles. The van der Waals surface area contributed by atoms with E-state index in [1.54, 1.807) is 25.1 Å². The van der Waals surface area contributed by atoms with Gasteiger partial charge in [-0.25, -0.2) is 9.59 Å². The van der Waals surface area contributed by atoms with Gasteiger partial charge in [0.15, 0.2) is 0 Å². The summed E-state index contributed by atoms with van der Waals surface area (Å²) in [5.41, 5.74) is -1.28. The molecule has 1 rings (SSSR count). The summed E-state index contributed by atoms with van der Waals surface area (Å²) in [6, 6.07) is 5.99. The summed E-state index contributed by atoms with van der Waals surface area (Å²) in [6.07, 6.45) is 1.56. The third kappa shape index (κ3) is 3.07. The van der Waals surface area contributed by atoms with Crippen LogP contribution in [0.15, 0.2) is 36.9 Å². The molecule has 20 heavy (non-hydrogen) atoms. The smallest absolute Gasteiger partial charge is 0.339 e. The molecule has 0 aliphatic rings. The van der Waals surface area contributed by atoms with Crippen LogP contribution in [-0.4, -0.2) is 22.6 Å². The summed E-state index contributed by atoms with van der Waals surface area (Å²) in [4.78, 5) is 23.4. The van der Waals surface area contributed by atoms with E-state index in [0.717, 1.165) is 0 Å². The van der Waals surface area contributed by atoms with E-state index in [0.29, 0.717) is 0 Å². The van der Waals surface area contributed by atoms with Crippen LogP contribution in [0.2, 0.25) is 0 Å². The normalized spacial score (nSPS) is 14.2. The quantitative estimate of drug-likeness (QED) is 0.675. The number of ether oxygens (including phenoxy) is 1. The summed E-state index contributed by atoms with van der Waals surface area (Å²) in [7, 11) is 0. The summed E-state index contributed by atoms with van der Waals surface area (Å²) in [5.74, 6) is -1.83. The molecule has 1 aromatic carbocycles. The van der Waals surface area contributed by atoms with Gasteiger partial charge in [0.2, 0.25) is 0 Å². The predicted molar refractivity (Wildman–Crippen MR) is 76.9 cm³/mol. The maximum atomic E-state index is 12.3. The molecule has 1 aromatic rings. The molecule has 108 valence electrons. The molecule has 1 N–H and O–H groups in total. The van der Waals surface area contributed by atoms with Gasteiger partial charge < -0.3 is 9.84 Å². The molecule has 1 atom stereocenters. The van der Waals surface area contributed by atoms with E-state index < -0.39 is 17.5 Å². The zero-order valence-corrected chi connectivity index (χ0v) is 12.3. The Kier molecular flexibility index (Phi) is 4.38. The zero-order chi connectivity index (χ0) is 15.6. The van der Waals surface area contributed by atoms with E-state index in [1.165, 1.54) is 12.1 Å². The molecule has 0 amide bonds. The molecule has 0 fully saturated rings. The third-order valence-electron chi connectivity index (χ3n) is 3.56. The van der Waals surface area contributed by atoms with E-state index in [4.69, 9.17) is 9.84 Å². The highest BCUT2D eigenvalue weighted by Gasteiger charge is 2.39. The van der Waals surface area contributed by atoms with Crippen molar-refractivity contribution in [1.82, 2.24) is 0 Å². The molecule has 0 saturated heterocycles. The summed E-state index contributed by atoms with van der Waals surface area (Å²) in [5, 5.41) is 9.10. The average molecular weight is 276 g/mol. The number of carbonyl (C=O) groups is 2. The Morgan fingerprint density at radius 1 is 1.15 bits per heavy atom. The molecule has 0 aromatic heterocycles. The van der Waals surface area contributed by atoms with Crippen molar-refractivity contribution in [3.63, 3.8) is 0 Å². The zero-order valence-electron chi connectivity index (χ0n) is 12.3. The minimum absolute atomic E-state index is 0.0392. The van der Waals surface area contributed by atoms with Gasteiger partial charge in [-0.2, -0.15) is 0 Å². The number of rotatable bonds is 4. The lowest BCUT2D eigenvalue weighted by Crippen LogP contribution is -2.42. The van der Waals surface area contributed by atoms with Crippen molar-refractivity contribution in [2.24, 2.45) is 5.41 Å².